The second-order valence-electron chi connectivity index (χ2n) is 8.97. The van der Waals surface area contributed by atoms with Crippen molar-refractivity contribution in [2.24, 2.45) is 0 Å². The van der Waals surface area contributed by atoms with Gasteiger partial charge in [-0.25, -0.2) is 8.42 Å². The molecular formula is C28H31Cl2N3O4S. The Morgan fingerprint density at radius 3 is 2.21 bits per heavy atom. The molecule has 0 bridgehead atoms. The van der Waals surface area contributed by atoms with Gasteiger partial charge in [-0.1, -0.05) is 83.4 Å². The molecule has 0 saturated heterocycles. The van der Waals surface area contributed by atoms with E-state index in [1.807, 2.05) is 61.5 Å². The zero-order valence-electron chi connectivity index (χ0n) is 21.5. The molecule has 3 aromatic rings. The van der Waals surface area contributed by atoms with E-state index in [0.717, 1.165) is 27.3 Å². The average molecular weight is 577 g/mol. The minimum atomic E-state index is -3.94. The Bertz CT molecular complexity index is 1370. The van der Waals surface area contributed by atoms with Crippen LogP contribution in [0.2, 0.25) is 10.0 Å². The third-order valence-electron chi connectivity index (χ3n) is 5.95. The number of carbonyl (C=O) groups excluding carboxylic acids is 2. The topological polar surface area (TPSA) is 86.8 Å². The number of anilines is 1. The lowest BCUT2D eigenvalue weighted by Gasteiger charge is -2.33. The molecular weight excluding hydrogens is 545 g/mol. The highest BCUT2D eigenvalue weighted by atomic mass is 35.5. The lowest BCUT2D eigenvalue weighted by molar-refractivity contribution is -0.140. The number of nitrogens with zero attached hydrogens (tertiary/aromatic N) is 2. The van der Waals surface area contributed by atoms with Gasteiger partial charge in [0.25, 0.3) is 0 Å². The molecule has 7 nitrogen and oxygen atoms in total. The molecule has 0 heterocycles. The summed E-state index contributed by atoms with van der Waals surface area (Å²) in [7, 11) is -3.94. The fraction of sp³-hybridized carbons (Fsp3) is 0.286. The number of hydrogen-bond donors (Lipinski definition) is 1. The highest BCUT2D eigenvalue weighted by Gasteiger charge is 2.33. The van der Waals surface area contributed by atoms with Crippen LogP contribution in [-0.2, 0) is 32.6 Å². The summed E-state index contributed by atoms with van der Waals surface area (Å²) in [5.41, 5.74) is 2.80. The molecule has 0 aliphatic rings. The molecule has 2 amide bonds. The van der Waals surface area contributed by atoms with Crippen molar-refractivity contribution < 1.29 is 18.0 Å². The Hall–Kier alpha value is -3.07. The SMILES string of the molecule is CCNC(=O)[C@H](Cc1ccccc1)N(Cc1ccc(C)cc1)C(=O)CN(c1cc(Cl)ccc1Cl)S(C)(=O)=O. The number of rotatable bonds is 11. The highest BCUT2D eigenvalue weighted by molar-refractivity contribution is 7.92. The predicted molar refractivity (Wildman–Crippen MR) is 153 cm³/mol. The molecule has 0 unspecified atom stereocenters. The maximum atomic E-state index is 13.9. The van der Waals surface area contributed by atoms with Gasteiger partial charge in [0.2, 0.25) is 21.8 Å². The van der Waals surface area contributed by atoms with Crippen molar-refractivity contribution in [3.05, 3.63) is 99.5 Å². The summed E-state index contributed by atoms with van der Waals surface area (Å²) in [5.74, 6) is -0.886. The minimum absolute atomic E-state index is 0.0860. The van der Waals surface area contributed by atoms with Crippen molar-refractivity contribution in [1.29, 1.82) is 0 Å². The average Bonchev–Trinajstić information content (AvgIpc) is 2.87. The molecule has 3 rings (SSSR count). The van der Waals surface area contributed by atoms with Crippen molar-refractivity contribution in [3.63, 3.8) is 0 Å². The van der Waals surface area contributed by atoms with Crippen molar-refractivity contribution in [1.82, 2.24) is 10.2 Å². The van der Waals surface area contributed by atoms with E-state index in [1.165, 1.54) is 23.1 Å². The standard InChI is InChI=1S/C28H31Cl2N3O4S/c1-4-31-28(35)26(16-21-8-6-5-7-9-21)32(18-22-12-10-20(2)11-13-22)27(34)19-33(38(3,36)37)25-17-23(29)14-15-24(25)30/h5-15,17,26H,4,16,18-19H2,1-3H3,(H,31,35)/t26-/m0/s1. The van der Waals surface area contributed by atoms with E-state index >= 15 is 0 Å². The summed E-state index contributed by atoms with van der Waals surface area (Å²) in [4.78, 5) is 28.7. The fourth-order valence-corrected chi connectivity index (χ4v) is 5.30. The number of amides is 2. The van der Waals surface area contributed by atoms with Crippen LogP contribution >= 0.6 is 23.2 Å². The van der Waals surface area contributed by atoms with Gasteiger partial charge in [-0.05, 0) is 43.2 Å². The fourth-order valence-electron chi connectivity index (χ4n) is 4.01. The summed E-state index contributed by atoms with van der Waals surface area (Å²) < 4.78 is 26.6. The van der Waals surface area contributed by atoms with Gasteiger partial charge in [-0.2, -0.15) is 0 Å². The second-order valence-corrected chi connectivity index (χ2v) is 11.7. The lowest BCUT2D eigenvalue weighted by atomic mass is 10.0. The van der Waals surface area contributed by atoms with Crippen LogP contribution in [0, 0.1) is 6.92 Å². The summed E-state index contributed by atoms with van der Waals surface area (Å²) >= 11 is 12.4. The van der Waals surface area contributed by atoms with Crippen molar-refractivity contribution >= 4 is 50.7 Å². The maximum Gasteiger partial charge on any atom is 0.244 e. The van der Waals surface area contributed by atoms with Gasteiger partial charge in [0.1, 0.15) is 12.6 Å². The first-order valence-electron chi connectivity index (χ1n) is 12.1. The Labute approximate surface area is 234 Å². The molecule has 0 saturated carbocycles. The smallest absolute Gasteiger partial charge is 0.244 e. The molecule has 1 N–H and O–H groups in total. The zero-order chi connectivity index (χ0) is 27.9. The first-order valence-corrected chi connectivity index (χ1v) is 14.7. The molecule has 0 spiro atoms. The van der Waals surface area contributed by atoms with Crippen LogP contribution in [0.3, 0.4) is 0 Å². The van der Waals surface area contributed by atoms with Crippen LogP contribution in [0.4, 0.5) is 5.69 Å². The molecule has 202 valence electrons. The predicted octanol–water partition coefficient (Wildman–Crippen LogP) is 4.84. The van der Waals surface area contributed by atoms with Gasteiger partial charge < -0.3 is 10.2 Å². The van der Waals surface area contributed by atoms with Crippen LogP contribution < -0.4 is 9.62 Å². The monoisotopic (exact) mass is 575 g/mol. The number of aryl methyl sites for hydroxylation is 1. The van der Waals surface area contributed by atoms with Crippen LogP contribution in [0.5, 0.6) is 0 Å². The number of likely N-dealkylation sites (N-methyl/N-ethyl adjacent to an activating group) is 1. The lowest BCUT2D eigenvalue weighted by Crippen LogP contribution is -2.53. The van der Waals surface area contributed by atoms with E-state index in [9.17, 15) is 18.0 Å². The second kappa shape index (κ2) is 13.1. The summed E-state index contributed by atoms with van der Waals surface area (Å²) in [6.07, 6.45) is 1.24. The van der Waals surface area contributed by atoms with Gasteiger partial charge in [0.15, 0.2) is 0 Å². The third-order valence-corrected chi connectivity index (χ3v) is 7.63. The van der Waals surface area contributed by atoms with E-state index in [-0.39, 0.29) is 34.6 Å². The van der Waals surface area contributed by atoms with Gasteiger partial charge in [0, 0.05) is 24.5 Å². The maximum absolute atomic E-state index is 13.9. The van der Waals surface area contributed by atoms with E-state index in [4.69, 9.17) is 23.2 Å². The van der Waals surface area contributed by atoms with Gasteiger partial charge in [-0.3, -0.25) is 13.9 Å². The number of hydrogen-bond acceptors (Lipinski definition) is 4. The van der Waals surface area contributed by atoms with E-state index in [2.05, 4.69) is 5.32 Å². The molecule has 1 atom stereocenters. The molecule has 0 aromatic heterocycles. The van der Waals surface area contributed by atoms with Crippen LogP contribution in [-0.4, -0.2) is 50.5 Å². The van der Waals surface area contributed by atoms with E-state index < -0.39 is 28.5 Å². The Kier molecular flexibility index (Phi) is 10.2. The van der Waals surface area contributed by atoms with Crippen LogP contribution in [0.15, 0.2) is 72.8 Å². The zero-order valence-corrected chi connectivity index (χ0v) is 23.9. The number of nitrogens with one attached hydrogen (secondary N) is 1. The molecule has 38 heavy (non-hydrogen) atoms. The Morgan fingerprint density at radius 2 is 1.61 bits per heavy atom. The van der Waals surface area contributed by atoms with E-state index in [0.29, 0.717) is 6.54 Å². The first-order chi connectivity index (χ1) is 18.0. The third kappa shape index (κ3) is 7.96. The van der Waals surface area contributed by atoms with Gasteiger partial charge >= 0.3 is 0 Å². The summed E-state index contributed by atoms with van der Waals surface area (Å²) in [6.45, 7) is 3.68. The van der Waals surface area contributed by atoms with Gasteiger partial charge in [-0.15, -0.1) is 0 Å². The summed E-state index contributed by atoms with van der Waals surface area (Å²) in [6, 6.07) is 20.5. The molecule has 0 aliphatic heterocycles. The number of carbonyl (C=O) groups is 2. The van der Waals surface area contributed by atoms with Gasteiger partial charge in [0.05, 0.1) is 17.0 Å². The Balaban J connectivity index is 2.06. The Morgan fingerprint density at radius 1 is 0.947 bits per heavy atom. The molecule has 10 heteroatoms. The van der Waals surface area contributed by atoms with Crippen LogP contribution in [0.25, 0.3) is 0 Å². The molecule has 0 radical (unpaired) electrons. The van der Waals surface area contributed by atoms with Crippen LogP contribution in [0.1, 0.15) is 23.6 Å². The largest absolute Gasteiger partial charge is 0.355 e. The van der Waals surface area contributed by atoms with Crippen molar-refractivity contribution in [2.75, 3.05) is 23.7 Å². The number of benzene rings is 3. The van der Waals surface area contributed by atoms with Crippen molar-refractivity contribution in [3.8, 4) is 0 Å². The molecule has 0 fully saturated rings. The quantitative estimate of drug-likeness (QED) is 0.354. The number of sulfonamides is 1. The number of halogens is 2. The molecule has 3 aromatic carbocycles. The summed E-state index contributed by atoms with van der Waals surface area (Å²) in [5, 5.41) is 3.22. The van der Waals surface area contributed by atoms with E-state index in [1.54, 1.807) is 6.92 Å². The van der Waals surface area contributed by atoms with Crippen molar-refractivity contribution in [2.45, 2.75) is 32.9 Å². The normalized spacial score (nSPS) is 12.0. The minimum Gasteiger partial charge on any atom is -0.355 e. The highest BCUT2D eigenvalue weighted by Crippen LogP contribution is 2.31. The first kappa shape index (κ1) is 29.5. The molecule has 0 aliphatic carbocycles.